The molecule has 150 valence electrons. The van der Waals surface area contributed by atoms with Gasteiger partial charge in [-0.2, -0.15) is 0 Å². The first-order chi connectivity index (χ1) is 14.0. The van der Waals surface area contributed by atoms with E-state index in [1.807, 2.05) is 36.0 Å². The van der Waals surface area contributed by atoms with Crippen LogP contribution in [0.25, 0.3) is 5.13 Å². The molecule has 0 aliphatic carbocycles. The summed E-state index contributed by atoms with van der Waals surface area (Å²) in [5.74, 6) is 0.336. The lowest BCUT2D eigenvalue weighted by Crippen LogP contribution is -2.39. The van der Waals surface area contributed by atoms with E-state index in [0.717, 1.165) is 10.7 Å². The number of rotatable bonds is 5. The highest BCUT2D eigenvalue weighted by Gasteiger charge is 2.22. The molecular weight excluding hydrogens is 412 g/mol. The van der Waals surface area contributed by atoms with Gasteiger partial charge in [-0.15, -0.1) is 0 Å². The standard InChI is InChI=1S/C20H19ClN4O3S/c1-13-18(29-20(23-13)24-7-2-3-8-24)19(27)22-6-9-25-11-14-10-15(21)4-5-16(14)28-12-17(25)26/h2-5,7-8,10H,6,9,11-12H2,1H3,(H,22,27). The molecule has 0 radical (unpaired) electrons. The highest BCUT2D eigenvalue weighted by molar-refractivity contribution is 7.16. The molecule has 2 aromatic heterocycles. The van der Waals surface area contributed by atoms with Crippen LogP contribution in [0, 0.1) is 6.92 Å². The Kier molecular flexibility index (Phi) is 5.55. The number of aromatic nitrogens is 2. The Bertz CT molecular complexity index is 1050. The van der Waals surface area contributed by atoms with Gasteiger partial charge in [-0.1, -0.05) is 22.9 Å². The summed E-state index contributed by atoms with van der Waals surface area (Å²) in [4.78, 5) is 31.6. The summed E-state index contributed by atoms with van der Waals surface area (Å²) in [6.45, 7) is 2.88. The zero-order valence-electron chi connectivity index (χ0n) is 15.7. The Morgan fingerprint density at radius 3 is 2.93 bits per heavy atom. The van der Waals surface area contributed by atoms with Crippen molar-refractivity contribution in [2.45, 2.75) is 13.5 Å². The largest absolute Gasteiger partial charge is 0.483 e. The Morgan fingerprint density at radius 1 is 1.34 bits per heavy atom. The summed E-state index contributed by atoms with van der Waals surface area (Å²) < 4.78 is 7.42. The molecule has 7 nitrogen and oxygen atoms in total. The van der Waals surface area contributed by atoms with Crippen molar-refractivity contribution in [1.29, 1.82) is 0 Å². The van der Waals surface area contributed by atoms with Gasteiger partial charge in [0, 0.05) is 42.6 Å². The van der Waals surface area contributed by atoms with Crippen LogP contribution in [0.5, 0.6) is 5.75 Å². The number of hydrogen-bond donors (Lipinski definition) is 1. The average Bonchev–Trinajstić information content (AvgIpc) is 3.32. The van der Waals surface area contributed by atoms with Gasteiger partial charge in [-0.05, 0) is 37.3 Å². The quantitative estimate of drug-likeness (QED) is 0.675. The number of carbonyl (C=O) groups is 2. The zero-order valence-corrected chi connectivity index (χ0v) is 17.3. The maximum atomic E-state index is 12.6. The topological polar surface area (TPSA) is 76.5 Å². The molecule has 0 unspecified atom stereocenters. The SMILES string of the molecule is Cc1nc(-n2cccc2)sc1C(=O)NCCN1Cc2cc(Cl)ccc2OCC1=O. The van der Waals surface area contributed by atoms with Gasteiger partial charge in [0.1, 0.15) is 10.6 Å². The molecule has 2 amide bonds. The maximum absolute atomic E-state index is 12.6. The van der Waals surface area contributed by atoms with E-state index in [9.17, 15) is 9.59 Å². The summed E-state index contributed by atoms with van der Waals surface area (Å²) in [7, 11) is 0. The number of thiazole rings is 1. The summed E-state index contributed by atoms with van der Waals surface area (Å²) in [6.07, 6.45) is 3.77. The van der Waals surface area contributed by atoms with Crippen molar-refractivity contribution in [2.24, 2.45) is 0 Å². The molecule has 3 aromatic rings. The van der Waals surface area contributed by atoms with E-state index in [-0.39, 0.29) is 18.4 Å². The molecule has 29 heavy (non-hydrogen) atoms. The number of nitrogens with zero attached hydrogens (tertiary/aromatic N) is 3. The molecule has 1 aliphatic heterocycles. The summed E-state index contributed by atoms with van der Waals surface area (Å²) in [5.41, 5.74) is 1.53. The molecule has 0 saturated heterocycles. The third-order valence-corrected chi connectivity index (χ3v) is 5.98. The van der Waals surface area contributed by atoms with Crippen LogP contribution in [0.1, 0.15) is 20.9 Å². The molecule has 1 aromatic carbocycles. The second-order valence-electron chi connectivity index (χ2n) is 6.61. The fraction of sp³-hybridized carbons (Fsp3) is 0.250. The van der Waals surface area contributed by atoms with Gasteiger partial charge in [0.05, 0.1) is 5.69 Å². The molecule has 0 atom stereocenters. The Morgan fingerprint density at radius 2 is 2.14 bits per heavy atom. The van der Waals surface area contributed by atoms with Crippen LogP contribution in [0.4, 0.5) is 0 Å². The predicted octanol–water partition coefficient (Wildman–Crippen LogP) is 3.05. The van der Waals surface area contributed by atoms with Gasteiger partial charge in [-0.3, -0.25) is 9.59 Å². The van der Waals surface area contributed by atoms with Crippen molar-refractivity contribution in [3.05, 3.63) is 63.9 Å². The predicted molar refractivity (Wildman–Crippen MR) is 111 cm³/mol. The number of halogens is 1. The minimum atomic E-state index is -0.194. The number of benzene rings is 1. The van der Waals surface area contributed by atoms with Gasteiger partial charge in [-0.25, -0.2) is 4.98 Å². The van der Waals surface area contributed by atoms with Crippen molar-refractivity contribution >= 4 is 34.8 Å². The molecule has 0 bridgehead atoms. The summed E-state index contributed by atoms with van der Waals surface area (Å²) >= 11 is 7.39. The van der Waals surface area contributed by atoms with E-state index >= 15 is 0 Å². The number of amides is 2. The van der Waals surface area contributed by atoms with Gasteiger partial charge in [0.25, 0.3) is 11.8 Å². The van der Waals surface area contributed by atoms with E-state index in [0.29, 0.717) is 41.0 Å². The normalized spacial score (nSPS) is 13.6. The second-order valence-corrected chi connectivity index (χ2v) is 8.03. The lowest BCUT2D eigenvalue weighted by Gasteiger charge is -2.20. The highest BCUT2D eigenvalue weighted by Crippen LogP contribution is 2.26. The summed E-state index contributed by atoms with van der Waals surface area (Å²) in [6, 6.07) is 9.11. The lowest BCUT2D eigenvalue weighted by molar-refractivity contribution is -0.133. The minimum absolute atomic E-state index is 0.0310. The van der Waals surface area contributed by atoms with Crippen LogP contribution in [0.2, 0.25) is 5.02 Å². The van der Waals surface area contributed by atoms with E-state index in [1.165, 1.54) is 11.3 Å². The monoisotopic (exact) mass is 430 g/mol. The molecule has 1 aliphatic rings. The van der Waals surface area contributed by atoms with Crippen molar-refractivity contribution < 1.29 is 14.3 Å². The van der Waals surface area contributed by atoms with Crippen molar-refractivity contribution in [1.82, 2.24) is 19.8 Å². The first kappa shape index (κ1) is 19.5. The molecule has 0 saturated carbocycles. The number of ether oxygens (including phenoxy) is 1. The Labute approximate surface area is 176 Å². The van der Waals surface area contributed by atoms with Crippen molar-refractivity contribution in [3.8, 4) is 10.9 Å². The smallest absolute Gasteiger partial charge is 0.263 e. The molecule has 3 heterocycles. The number of fused-ring (bicyclic) bond motifs is 1. The van der Waals surface area contributed by atoms with Gasteiger partial charge < -0.3 is 19.5 Å². The number of nitrogens with one attached hydrogen (secondary N) is 1. The van der Waals surface area contributed by atoms with Gasteiger partial charge in [0.2, 0.25) is 0 Å². The Hall–Kier alpha value is -2.84. The van der Waals surface area contributed by atoms with Crippen molar-refractivity contribution in [3.63, 3.8) is 0 Å². The third kappa shape index (κ3) is 4.28. The first-order valence-electron chi connectivity index (χ1n) is 9.09. The fourth-order valence-corrected chi connectivity index (χ4v) is 4.24. The highest BCUT2D eigenvalue weighted by atomic mass is 35.5. The molecule has 1 N–H and O–H groups in total. The van der Waals surface area contributed by atoms with Crippen LogP contribution < -0.4 is 10.1 Å². The van der Waals surface area contributed by atoms with E-state index in [2.05, 4.69) is 10.3 Å². The van der Waals surface area contributed by atoms with E-state index in [1.54, 1.807) is 23.1 Å². The van der Waals surface area contributed by atoms with Crippen LogP contribution in [-0.2, 0) is 11.3 Å². The summed E-state index contributed by atoms with van der Waals surface area (Å²) in [5, 5.41) is 4.22. The van der Waals surface area contributed by atoms with Crippen LogP contribution >= 0.6 is 22.9 Å². The number of carbonyl (C=O) groups excluding carboxylic acids is 2. The lowest BCUT2D eigenvalue weighted by atomic mass is 10.2. The molecule has 4 rings (SSSR count). The molecular formula is C20H19ClN4O3S. The minimum Gasteiger partial charge on any atom is -0.483 e. The van der Waals surface area contributed by atoms with Crippen LogP contribution in [0.15, 0.2) is 42.7 Å². The number of aryl methyl sites for hydroxylation is 1. The van der Waals surface area contributed by atoms with E-state index in [4.69, 9.17) is 16.3 Å². The Balaban J connectivity index is 1.38. The molecule has 0 fully saturated rings. The molecule has 0 spiro atoms. The second kappa shape index (κ2) is 8.26. The average molecular weight is 431 g/mol. The van der Waals surface area contributed by atoms with Gasteiger partial charge >= 0.3 is 0 Å². The number of hydrogen-bond acceptors (Lipinski definition) is 5. The fourth-order valence-electron chi connectivity index (χ4n) is 3.09. The van der Waals surface area contributed by atoms with Gasteiger partial charge in [0.15, 0.2) is 11.7 Å². The third-order valence-electron chi connectivity index (χ3n) is 4.57. The maximum Gasteiger partial charge on any atom is 0.263 e. The zero-order chi connectivity index (χ0) is 20.4. The van der Waals surface area contributed by atoms with Crippen LogP contribution in [-0.4, -0.2) is 46.0 Å². The van der Waals surface area contributed by atoms with Crippen molar-refractivity contribution in [2.75, 3.05) is 19.7 Å². The van der Waals surface area contributed by atoms with Crippen LogP contribution in [0.3, 0.4) is 0 Å². The molecule has 9 heteroatoms. The first-order valence-corrected chi connectivity index (χ1v) is 10.3. The van der Waals surface area contributed by atoms with E-state index < -0.39 is 0 Å².